The van der Waals surface area contributed by atoms with E-state index < -0.39 is 0 Å². The van der Waals surface area contributed by atoms with Gasteiger partial charge in [-0.15, -0.1) is 0 Å². The molecule has 5 nitrogen and oxygen atoms in total. The Kier molecular flexibility index (Phi) is 2.88. The Hall–Kier alpha value is -2.61. The van der Waals surface area contributed by atoms with Gasteiger partial charge in [-0.25, -0.2) is 0 Å². The van der Waals surface area contributed by atoms with Gasteiger partial charge in [-0.3, -0.25) is 9.89 Å². The largest absolute Gasteiger partial charge is 0.354 e. The zero-order chi connectivity index (χ0) is 12.3. The molecule has 1 amide bonds. The first-order chi connectivity index (χ1) is 8.27. The summed E-state index contributed by atoms with van der Waals surface area (Å²) in [6.07, 6.45) is 0. The van der Waals surface area contributed by atoms with Gasteiger partial charge in [0.05, 0.1) is 0 Å². The minimum absolute atomic E-state index is 0.189. The van der Waals surface area contributed by atoms with Gasteiger partial charge in [-0.1, -0.05) is 30.3 Å². The van der Waals surface area contributed by atoms with E-state index in [-0.39, 0.29) is 17.2 Å². The normalized spacial score (nSPS) is 9.65. The molecule has 0 radical (unpaired) electrons. The molecule has 5 heteroatoms. The highest BCUT2D eigenvalue weighted by atomic mass is 16.1. The highest BCUT2D eigenvalue weighted by Crippen LogP contribution is 2.22. The van der Waals surface area contributed by atoms with Crippen LogP contribution in [0.3, 0.4) is 0 Å². The van der Waals surface area contributed by atoms with Crippen LogP contribution in [0.1, 0.15) is 16.1 Å². The number of hydrogen-bond donors (Lipinski definition) is 2. The van der Waals surface area contributed by atoms with Crippen LogP contribution in [0.15, 0.2) is 30.3 Å². The van der Waals surface area contributed by atoms with E-state index in [2.05, 4.69) is 15.5 Å². The standard InChI is InChI=1S/C12H10N4O/c1-14-12(17)11-9(7-13)10(15-16-11)8-5-3-2-4-6-8/h2-6H,1H3,(H,14,17)(H,15,16). The summed E-state index contributed by atoms with van der Waals surface area (Å²) in [5.41, 5.74) is 1.74. The highest BCUT2D eigenvalue weighted by Gasteiger charge is 2.18. The maximum Gasteiger partial charge on any atom is 0.270 e. The summed E-state index contributed by atoms with van der Waals surface area (Å²) in [7, 11) is 1.51. The lowest BCUT2D eigenvalue weighted by Crippen LogP contribution is -2.19. The summed E-state index contributed by atoms with van der Waals surface area (Å²) in [4.78, 5) is 11.5. The van der Waals surface area contributed by atoms with Crippen LogP contribution >= 0.6 is 0 Å². The fraction of sp³-hybridized carbons (Fsp3) is 0.0833. The van der Waals surface area contributed by atoms with E-state index in [0.717, 1.165) is 5.56 Å². The van der Waals surface area contributed by atoms with Crippen LogP contribution in [0.5, 0.6) is 0 Å². The van der Waals surface area contributed by atoms with E-state index in [9.17, 15) is 4.79 Å². The van der Waals surface area contributed by atoms with Crippen LogP contribution in [0, 0.1) is 11.3 Å². The van der Waals surface area contributed by atoms with Crippen molar-refractivity contribution in [2.24, 2.45) is 0 Å². The number of carbonyl (C=O) groups is 1. The summed E-state index contributed by atoms with van der Waals surface area (Å²) in [6, 6.07) is 11.3. The molecule has 1 aromatic heterocycles. The Morgan fingerprint density at radius 2 is 2.12 bits per heavy atom. The molecule has 0 atom stereocenters. The molecule has 2 N–H and O–H groups in total. The number of hydrogen-bond acceptors (Lipinski definition) is 3. The van der Waals surface area contributed by atoms with E-state index in [4.69, 9.17) is 5.26 Å². The van der Waals surface area contributed by atoms with Crippen LogP contribution in [0.25, 0.3) is 11.3 Å². The number of aromatic nitrogens is 2. The Labute approximate surface area is 98.1 Å². The smallest absolute Gasteiger partial charge is 0.270 e. The van der Waals surface area contributed by atoms with Gasteiger partial charge < -0.3 is 5.32 Å². The number of H-pyrrole nitrogens is 1. The Morgan fingerprint density at radius 1 is 1.41 bits per heavy atom. The van der Waals surface area contributed by atoms with Gasteiger partial charge in [0.1, 0.15) is 23.0 Å². The van der Waals surface area contributed by atoms with Gasteiger partial charge in [0.2, 0.25) is 0 Å². The van der Waals surface area contributed by atoms with Crippen molar-refractivity contribution in [3.8, 4) is 17.3 Å². The van der Waals surface area contributed by atoms with Crippen LogP contribution in [0.4, 0.5) is 0 Å². The summed E-state index contributed by atoms with van der Waals surface area (Å²) in [5.74, 6) is -0.351. The molecule has 2 rings (SSSR count). The average molecular weight is 226 g/mol. The maximum absolute atomic E-state index is 11.5. The molecule has 0 fully saturated rings. The van der Waals surface area contributed by atoms with Crippen LogP contribution < -0.4 is 5.32 Å². The summed E-state index contributed by atoms with van der Waals surface area (Å²) < 4.78 is 0. The number of nitriles is 1. The third-order valence-corrected chi connectivity index (χ3v) is 2.38. The first-order valence-electron chi connectivity index (χ1n) is 5.04. The second kappa shape index (κ2) is 4.49. The van der Waals surface area contributed by atoms with E-state index in [0.29, 0.717) is 5.69 Å². The summed E-state index contributed by atoms with van der Waals surface area (Å²) in [5, 5.41) is 18.2. The number of rotatable bonds is 2. The van der Waals surface area contributed by atoms with E-state index >= 15 is 0 Å². The minimum atomic E-state index is -0.351. The SMILES string of the molecule is CNC(=O)c1[nH]nc(-c2ccccc2)c1C#N. The monoisotopic (exact) mass is 226 g/mol. The third-order valence-electron chi connectivity index (χ3n) is 2.38. The van der Waals surface area contributed by atoms with Gasteiger partial charge in [-0.2, -0.15) is 10.4 Å². The molecular weight excluding hydrogens is 216 g/mol. The molecule has 1 heterocycles. The number of nitrogens with zero attached hydrogens (tertiary/aromatic N) is 2. The topological polar surface area (TPSA) is 81.6 Å². The molecule has 0 aliphatic carbocycles. The first-order valence-corrected chi connectivity index (χ1v) is 5.04. The predicted octanol–water partition coefficient (Wildman–Crippen LogP) is 1.31. The van der Waals surface area contributed by atoms with Crippen molar-refractivity contribution in [2.75, 3.05) is 7.05 Å². The van der Waals surface area contributed by atoms with E-state index in [1.54, 1.807) is 0 Å². The molecule has 0 unspecified atom stereocenters. The van der Waals surface area contributed by atoms with Gasteiger partial charge in [0.15, 0.2) is 0 Å². The molecule has 84 valence electrons. The second-order valence-corrected chi connectivity index (χ2v) is 3.38. The predicted molar refractivity (Wildman–Crippen MR) is 62.1 cm³/mol. The van der Waals surface area contributed by atoms with Crippen molar-refractivity contribution in [3.63, 3.8) is 0 Å². The first kappa shape index (κ1) is 10.9. The Bertz CT molecular complexity index is 580. The lowest BCUT2D eigenvalue weighted by Gasteiger charge is -1.97. The molecule has 0 saturated heterocycles. The molecule has 17 heavy (non-hydrogen) atoms. The number of benzene rings is 1. The van der Waals surface area contributed by atoms with Crippen molar-refractivity contribution in [1.29, 1.82) is 5.26 Å². The van der Waals surface area contributed by atoms with Crippen molar-refractivity contribution >= 4 is 5.91 Å². The average Bonchev–Trinajstić information content (AvgIpc) is 2.82. The Balaban J connectivity index is 2.55. The molecule has 0 aliphatic heterocycles. The zero-order valence-corrected chi connectivity index (χ0v) is 9.19. The van der Waals surface area contributed by atoms with E-state index in [1.807, 2.05) is 36.4 Å². The maximum atomic E-state index is 11.5. The van der Waals surface area contributed by atoms with Gasteiger partial charge in [-0.05, 0) is 0 Å². The zero-order valence-electron chi connectivity index (χ0n) is 9.19. The van der Waals surface area contributed by atoms with Crippen LogP contribution in [-0.2, 0) is 0 Å². The molecule has 0 aliphatic rings. The van der Waals surface area contributed by atoms with Crippen molar-refractivity contribution in [1.82, 2.24) is 15.5 Å². The van der Waals surface area contributed by atoms with Crippen LogP contribution in [0.2, 0.25) is 0 Å². The fourth-order valence-corrected chi connectivity index (χ4v) is 1.55. The second-order valence-electron chi connectivity index (χ2n) is 3.38. The molecule has 0 spiro atoms. The molecular formula is C12H10N4O. The molecule has 2 aromatic rings. The van der Waals surface area contributed by atoms with Crippen molar-refractivity contribution in [3.05, 3.63) is 41.6 Å². The molecule has 0 saturated carbocycles. The van der Waals surface area contributed by atoms with Crippen LogP contribution in [-0.4, -0.2) is 23.2 Å². The number of amides is 1. The minimum Gasteiger partial charge on any atom is -0.354 e. The lowest BCUT2D eigenvalue weighted by molar-refractivity contribution is 0.0958. The van der Waals surface area contributed by atoms with Crippen molar-refractivity contribution in [2.45, 2.75) is 0 Å². The van der Waals surface area contributed by atoms with Gasteiger partial charge in [0.25, 0.3) is 5.91 Å². The van der Waals surface area contributed by atoms with Crippen molar-refractivity contribution < 1.29 is 4.79 Å². The Morgan fingerprint density at radius 3 is 2.71 bits per heavy atom. The summed E-state index contributed by atoms with van der Waals surface area (Å²) >= 11 is 0. The molecule has 0 bridgehead atoms. The lowest BCUT2D eigenvalue weighted by atomic mass is 10.1. The molecule has 1 aromatic carbocycles. The number of nitrogens with one attached hydrogen (secondary N) is 2. The number of aromatic amines is 1. The summed E-state index contributed by atoms with van der Waals surface area (Å²) in [6.45, 7) is 0. The highest BCUT2D eigenvalue weighted by molar-refractivity contribution is 5.96. The van der Waals surface area contributed by atoms with Gasteiger partial charge >= 0.3 is 0 Å². The van der Waals surface area contributed by atoms with E-state index in [1.165, 1.54) is 7.05 Å². The quantitative estimate of drug-likeness (QED) is 0.809. The third kappa shape index (κ3) is 1.88. The number of carbonyl (C=O) groups excluding carboxylic acids is 1. The fourth-order valence-electron chi connectivity index (χ4n) is 1.55. The van der Waals surface area contributed by atoms with Gasteiger partial charge in [0, 0.05) is 12.6 Å².